The normalized spacial score (nSPS) is 24.8. The second kappa shape index (κ2) is 6.03. The first kappa shape index (κ1) is 14.8. The molecule has 2 aliphatic heterocycles. The first-order valence-electron chi connectivity index (χ1n) is 8.07. The molecule has 3 N–H and O–H groups in total. The van der Waals surface area contributed by atoms with Gasteiger partial charge in [-0.3, -0.25) is 10.00 Å². The van der Waals surface area contributed by atoms with E-state index >= 15 is 0 Å². The van der Waals surface area contributed by atoms with Crippen LogP contribution >= 0.6 is 0 Å². The van der Waals surface area contributed by atoms with Crippen molar-refractivity contribution < 1.29 is 9.13 Å². The Hall–Kier alpha value is -1.76. The molecule has 0 radical (unpaired) electrons. The second-order valence-corrected chi connectivity index (χ2v) is 6.45. The van der Waals surface area contributed by atoms with E-state index in [1.165, 1.54) is 17.3 Å². The number of rotatable bonds is 3. The van der Waals surface area contributed by atoms with Crippen LogP contribution < -0.4 is 5.73 Å². The maximum absolute atomic E-state index is 13.5. The lowest BCUT2D eigenvalue weighted by Gasteiger charge is -2.17. The Labute approximate surface area is 134 Å². The summed E-state index contributed by atoms with van der Waals surface area (Å²) in [5, 5.41) is 7.57. The van der Waals surface area contributed by atoms with E-state index < -0.39 is 0 Å². The van der Waals surface area contributed by atoms with Gasteiger partial charge in [0.05, 0.1) is 18.9 Å². The molecule has 1 fully saturated rings. The van der Waals surface area contributed by atoms with E-state index in [0.717, 1.165) is 43.9 Å². The van der Waals surface area contributed by atoms with Gasteiger partial charge < -0.3 is 10.5 Å². The van der Waals surface area contributed by atoms with Gasteiger partial charge in [0.25, 0.3) is 0 Å². The number of benzene rings is 1. The van der Waals surface area contributed by atoms with Gasteiger partial charge in [0.1, 0.15) is 5.82 Å². The topological polar surface area (TPSA) is 67.2 Å². The van der Waals surface area contributed by atoms with Crippen molar-refractivity contribution in [2.75, 3.05) is 19.7 Å². The third kappa shape index (κ3) is 2.89. The van der Waals surface area contributed by atoms with Gasteiger partial charge in [-0.2, -0.15) is 5.10 Å². The van der Waals surface area contributed by atoms with Crippen molar-refractivity contribution in [3.05, 3.63) is 52.6 Å². The third-order valence-corrected chi connectivity index (χ3v) is 4.87. The summed E-state index contributed by atoms with van der Waals surface area (Å²) < 4.78 is 19.0. The SMILES string of the molecule is N[C@@H]1CN(Cc2n[nH]c3c2COCC3)C[C@H]1c1cccc(F)c1. The van der Waals surface area contributed by atoms with Crippen LogP contribution in [0.3, 0.4) is 0 Å². The van der Waals surface area contributed by atoms with Crippen molar-refractivity contribution in [1.29, 1.82) is 0 Å². The van der Waals surface area contributed by atoms with E-state index in [1.807, 2.05) is 6.07 Å². The van der Waals surface area contributed by atoms with Crippen molar-refractivity contribution >= 4 is 0 Å². The van der Waals surface area contributed by atoms with Gasteiger partial charge in [-0.1, -0.05) is 12.1 Å². The van der Waals surface area contributed by atoms with Crippen LogP contribution in [-0.2, 0) is 24.3 Å². The minimum atomic E-state index is -0.202. The number of fused-ring (bicyclic) bond motifs is 1. The number of H-pyrrole nitrogens is 1. The van der Waals surface area contributed by atoms with E-state index in [0.29, 0.717) is 6.61 Å². The molecule has 1 saturated heterocycles. The molecular formula is C17H21FN4O. The van der Waals surface area contributed by atoms with Crippen molar-refractivity contribution in [2.24, 2.45) is 5.73 Å². The van der Waals surface area contributed by atoms with Gasteiger partial charge >= 0.3 is 0 Å². The molecule has 6 heteroatoms. The Balaban J connectivity index is 1.48. The summed E-state index contributed by atoms with van der Waals surface area (Å²) in [7, 11) is 0. The minimum absolute atomic E-state index is 0.0165. The van der Waals surface area contributed by atoms with Crippen LogP contribution in [0.15, 0.2) is 24.3 Å². The van der Waals surface area contributed by atoms with Crippen LogP contribution in [0.1, 0.15) is 28.4 Å². The number of hydrogen-bond donors (Lipinski definition) is 2. The third-order valence-electron chi connectivity index (χ3n) is 4.87. The summed E-state index contributed by atoms with van der Waals surface area (Å²) in [5.74, 6) is -0.0385. The van der Waals surface area contributed by atoms with Crippen LogP contribution in [0.5, 0.6) is 0 Å². The van der Waals surface area contributed by atoms with Crippen molar-refractivity contribution in [3.8, 4) is 0 Å². The molecule has 1 aromatic carbocycles. The molecule has 5 nitrogen and oxygen atoms in total. The molecule has 0 aliphatic carbocycles. The first-order chi connectivity index (χ1) is 11.2. The Bertz CT molecular complexity index is 702. The number of ether oxygens (including phenoxy) is 1. The first-order valence-corrected chi connectivity index (χ1v) is 8.07. The quantitative estimate of drug-likeness (QED) is 0.901. The van der Waals surface area contributed by atoms with Crippen molar-refractivity contribution in [3.63, 3.8) is 0 Å². The molecule has 2 atom stereocenters. The van der Waals surface area contributed by atoms with Crippen LogP contribution in [0.2, 0.25) is 0 Å². The van der Waals surface area contributed by atoms with Gasteiger partial charge in [-0.15, -0.1) is 0 Å². The zero-order valence-corrected chi connectivity index (χ0v) is 13.0. The van der Waals surface area contributed by atoms with E-state index in [9.17, 15) is 4.39 Å². The number of halogens is 1. The molecule has 0 spiro atoms. The lowest BCUT2D eigenvalue weighted by atomic mass is 9.95. The van der Waals surface area contributed by atoms with Gasteiger partial charge in [0.2, 0.25) is 0 Å². The molecule has 122 valence electrons. The number of aromatic amines is 1. The number of nitrogens with two attached hydrogens (primary N) is 1. The van der Waals surface area contributed by atoms with E-state index in [2.05, 4.69) is 15.1 Å². The fourth-order valence-corrected chi connectivity index (χ4v) is 3.64. The van der Waals surface area contributed by atoms with Crippen molar-refractivity contribution in [1.82, 2.24) is 15.1 Å². The molecule has 1 aromatic heterocycles. The van der Waals surface area contributed by atoms with Crippen LogP contribution in [0.25, 0.3) is 0 Å². The second-order valence-electron chi connectivity index (χ2n) is 6.45. The molecule has 4 rings (SSSR count). The fraction of sp³-hybridized carbons (Fsp3) is 0.471. The number of hydrogen-bond acceptors (Lipinski definition) is 4. The van der Waals surface area contributed by atoms with Crippen LogP contribution in [-0.4, -0.2) is 40.8 Å². The molecule has 0 unspecified atom stereocenters. The van der Waals surface area contributed by atoms with Crippen molar-refractivity contribution in [2.45, 2.75) is 31.5 Å². The average molecular weight is 316 g/mol. The van der Waals surface area contributed by atoms with Crippen LogP contribution in [0, 0.1) is 5.82 Å². The highest BCUT2D eigenvalue weighted by molar-refractivity contribution is 5.28. The monoisotopic (exact) mass is 316 g/mol. The van der Waals surface area contributed by atoms with E-state index in [-0.39, 0.29) is 17.8 Å². The summed E-state index contributed by atoms with van der Waals surface area (Å²) in [6, 6.07) is 6.79. The summed E-state index contributed by atoms with van der Waals surface area (Å²) in [6.07, 6.45) is 0.897. The number of nitrogens with zero attached hydrogens (tertiary/aromatic N) is 2. The molecule has 2 aliphatic rings. The van der Waals surface area contributed by atoms with Gasteiger partial charge in [0, 0.05) is 49.3 Å². The summed E-state index contributed by atoms with van der Waals surface area (Å²) in [4.78, 5) is 2.30. The van der Waals surface area contributed by atoms with Gasteiger partial charge in [-0.05, 0) is 17.7 Å². The predicted octanol–water partition coefficient (Wildman–Crippen LogP) is 1.55. The highest BCUT2D eigenvalue weighted by atomic mass is 19.1. The summed E-state index contributed by atoms with van der Waals surface area (Å²) in [5.41, 5.74) is 10.7. The minimum Gasteiger partial charge on any atom is -0.376 e. The Morgan fingerprint density at radius 3 is 3.17 bits per heavy atom. The maximum atomic E-state index is 13.5. The average Bonchev–Trinajstić information content (AvgIpc) is 3.12. The van der Waals surface area contributed by atoms with Crippen LogP contribution in [0.4, 0.5) is 4.39 Å². The summed E-state index contributed by atoms with van der Waals surface area (Å²) >= 11 is 0. The highest BCUT2D eigenvalue weighted by Gasteiger charge is 2.32. The molecular weight excluding hydrogens is 295 g/mol. The Kier molecular flexibility index (Phi) is 3.88. The number of aromatic nitrogens is 2. The number of likely N-dealkylation sites (tertiary alicyclic amines) is 1. The molecule has 3 heterocycles. The van der Waals surface area contributed by atoms with Gasteiger partial charge in [-0.25, -0.2) is 4.39 Å². The highest BCUT2D eigenvalue weighted by Crippen LogP contribution is 2.29. The summed E-state index contributed by atoms with van der Waals surface area (Å²) in [6.45, 7) is 3.77. The largest absolute Gasteiger partial charge is 0.376 e. The molecule has 0 bridgehead atoms. The molecule has 23 heavy (non-hydrogen) atoms. The smallest absolute Gasteiger partial charge is 0.123 e. The molecule has 0 saturated carbocycles. The predicted molar refractivity (Wildman–Crippen MR) is 84.3 cm³/mol. The molecule has 0 amide bonds. The molecule has 2 aromatic rings. The Morgan fingerprint density at radius 1 is 1.39 bits per heavy atom. The standard InChI is InChI=1S/C17H21FN4O/c18-12-3-1-2-11(6-12)13-7-22(8-15(13)19)9-17-14-10-23-5-4-16(14)20-21-17/h1-3,6,13,15H,4-5,7-10,19H2,(H,20,21)/t13-,15+/m0/s1. The maximum Gasteiger partial charge on any atom is 0.123 e. The van der Waals surface area contributed by atoms with Gasteiger partial charge in [0.15, 0.2) is 0 Å². The zero-order chi connectivity index (χ0) is 15.8. The zero-order valence-electron chi connectivity index (χ0n) is 13.0. The van der Waals surface area contributed by atoms with E-state index in [1.54, 1.807) is 12.1 Å². The Morgan fingerprint density at radius 2 is 2.30 bits per heavy atom. The lowest BCUT2D eigenvalue weighted by molar-refractivity contribution is 0.109. The lowest BCUT2D eigenvalue weighted by Crippen LogP contribution is -2.29. The van der Waals surface area contributed by atoms with E-state index in [4.69, 9.17) is 10.5 Å². The fourth-order valence-electron chi connectivity index (χ4n) is 3.64. The number of nitrogens with one attached hydrogen (secondary N) is 1.